The molecule has 9 heteroatoms. The molecule has 3 amide bonds. The van der Waals surface area contributed by atoms with E-state index in [2.05, 4.69) is 36.3 Å². The third-order valence-corrected chi connectivity index (χ3v) is 11.2. The number of likely N-dealkylation sites (tertiary alicyclic amines) is 2. The van der Waals surface area contributed by atoms with Crippen LogP contribution in [0.25, 0.3) is 0 Å². The molecule has 4 fully saturated rings. The summed E-state index contributed by atoms with van der Waals surface area (Å²) in [7, 11) is 1.60. The van der Waals surface area contributed by atoms with Crippen LogP contribution in [0.5, 0.6) is 5.75 Å². The van der Waals surface area contributed by atoms with Crippen LogP contribution >= 0.6 is 0 Å². The van der Waals surface area contributed by atoms with Gasteiger partial charge < -0.3 is 25.0 Å². The fourth-order valence-electron chi connectivity index (χ4n) is 8.51. The maximum Gasteiger partial charge on any atom is 0.246 e. The molecule has 1 aromatic rings. The van der Waals surface area contributed by atoms with Crippen LogP contribution in [-0.2, 0) is 19.1 Å². The van der Waals surface area contributed by atoms with E-state index in [9.17, 15) is 14.4 Å². The van der Waals surface area contributed by atoms with Crippen LogP contribution in [-0.4, -0.2) is 84.1 Å². The first-order valence-corrected chi connectivity index (χ1v) is 16.4. The molecule has 4 heterocycles. The maximum absolute atomic E-state index is 14.4. The summed E-state index contributed by atoms with van der Waals surface area (Å²) in [6, 6.07) is 6.89. The van der Waals surface area contributed by atoms with E-state index < -0.39 is 29.6 Å². The summed E-state index contributed by atoms with van der Waals surface area (Å²) in [4.78, 5) is 46.7. The Bertz CT molecular complexity index is 1240. The lowest BCUT2D eigenvalue weighted by molar-refractivity contribution is -0.142. The smallest absolute Gasteiger partial charge is 0.246 e. The zero-order chi connectivity index (χ0) is 30.3. The van der Waals surface area contributed by atoms with Crippen molar-refractivity contribution < 1.29 is 23.9 Å². The third kappa shape index (κ3) is 5.37. The van der Waals surface area contributed by atoms with E-state index in [-0.39, 0.29) is 23.8 Å². The van der Waals surface area contributed by atoms with Crippen LogP contribution in [0.3, 0.4) is 0 Å². The van der Waals surface area contributed by atoms with Crippen molar-refractivity contribution in [3.05, 3.63) is 36.4 Å². The number of nitrogens with one attached hydrogen (secondary N) is 2. The topological polar surface area (TPSA) is 100 Å². The molecular formula is C34H48N4O5. The highest BCUT2D eigenvalue weighted by molar-refractivity contribution is 6.02. The highest BCUT2D eigenvalue weighted by Gasteiger charge is 2.72. The van der Waals surface area contributed by atoms with E-state index in [0.29, 0.717) is 42.4 Å². The number of anilines is 1. The van der Waals surface area contributed by atoms with E-state index >= 15 is 0 Å². The highest BCUT2D eigenvalue weighted by Crippen LogP contribution is 2.55. The molecular weight excluding hydrogens is 544 g/mol. The number of fused-ring (bicyclic) bond motifs is 1. The number of hydrogen-bond donors (Lipinski definition) is 2. The molecule has 9 nitrogen and oxygen atoms in total. The second kappa shape index (κ2) is 12.2. The number of hydrogen-bond acceptors (Lipinski definition) is 6. The van der Waals surface area contributed by atoms with Crippen molar-refractivity contribution in [2.24, 2.45) is 23.7 Å². The van der Waals surface area contributed by atoms with Crippen molar-refractivity contribution in [1.29, 1.82) is 0 Å². The summed E-state index contributed by atoms with van der Waals surface area (Å²) in [5.74, 6) is -0.465. The second-order valence-corrected chi connectivity index (χ2v) is 13.4. The van der Waals surface area contributed by atoms with Crippen LogP contribution in [0, 0.1) is 23.7 Å². The Balaban J connectivity index is 1.27. The van der Waals surface area contributed by atoms with Crippen molar-refractivity contribution >= 4 is 23.4 Å². The van der Waals surface area contributed by atoms with E-state index in [1.807, 2.05) is 12.2 Å². The normalized spacial score (nSPS) is 36.9. The van der Waals surface area contributed by atoms with Gasteiger partial charge in [0.15, 0.2) is 0 Å². The Morgan fingerprint density at radius 3 is 2.58 bits per heavy atom. The van der Waals surface area contributed by atoms with E-state index in [1.54, 1.807) is 36.3 Å². The van der Waals surface area contributed by atoms with Crippen molar-refractivity contribution in [3.63, 3.8) is 0 Å². The molecule has 6 rings (SSSR count). The molecule has 1 aromatic carbocycles. The van der Waals surface area contributed by atoms with Gasteiger partial charge in [-0.15, -0.1) is 0 Å². The van der Waals surface area contributed by atoms with Crippen molar-refractivity contribution in [2.45, 2.75) is 95.5 Å². The van der Waals surface area contributed by atoms with Crippen molar-refractivity contribution in [1.82, 2.24) is 15.1 Å². The highest BCUT2D eigenvalue weighted by atomic mass is 16.5. The molecule has 1 spiro atoms. The largest absolute Gasteiger partial charge is 0.497 e. The lowest BCUT2D eigenvalue weighted by atomic mass is 9.73. The van der Waals surface area contributed by atoms with Crippen LogP contribution < -0.4 is 15.4 Å². The molecule has 1 saturated carbocycles. The fourth-order valence-corrected chi connectivity index (χ4v) is 8.51. The minimum absolute atomic E-state index is 0.0620. The molecule has 3 saturated heterocycles. The van der Waals surface area contributed by atoms with Gasteiger partial charge >= 0.3 is 0 Å². The Kier molecular flexibility index (Phi) is 8.57. The number of nitrogens with zero attached hydrogens (tertiary/aromatic N) is 2. The van der Waals surface area contributed by atoms with Gasteiger partial charge in [0, 0.05) is 30.9 Å². The first-order chi connectivity index (χ1) is 20.8. The molecule has 2 bridgehead atoms. The quantitative estimate of drug-likeness (QED) is 0.421. The van der Waals surface area contributed by atoms with Gasteiger partial charge in [0.2, 0.25) is 17.7 Å². The monoisotopic (exact) mass is 592 g/mol. The van der Waals surface area contributed by atoms with Crippen molar-refractivity contribution in [2.75, 3.05) is 32.1 Å². The molecule has 0 radical (unpaired) electrons. The van der Waals surface area contributed by atoms with Gasteiger partial charge in [0.05, 0.1) is 25.0 Å². The number of carbonyl (C=O) groups excluding carboxylic acids is 3. The maximum atomic E-state index is 14.4. The first kappa shape index (κ1) is 30.1. The van der Waals surface area contributed by atoms with Gasteiger partial charge in [-0.1, -0.05) is 52.2 Å². The number of ether oxygens (including phenoxy) is 2. The second-order valence-electron chi connectivity index (χ2n) is 13.4. The molecule has 43 heavy (non-hydrogen) atoms. The van der Waals surface area contributed by atoms with Crippen molar-refractivity contribution in [3.8, 4) is 5.75 Å². The first-order valence-electron chi connectivity index (χ1n) is 16.4. The predicted octanol–water partition coefficient (Wildman–Crippen LogP) is 3.99. The van der Waals surface area contributed by atoms with Gasteiger partial charge in [-0.05, 0) is 68.3 Å². The van der Waals surface area contributed by atoms with Gasteiger partial charge in [-0.3, -0.25) is 19.3 Å². The van der Waals surface area contributed by atoms with Gasteiger partial charge in [-0.2, -0.15) is 0 Å². The molecule has 5 aliphatic rings. The van der Waals surface area contributed by atoms with Gasteiger partial charge in [0.25, 0.3) is 0 Å². The zero-order valence-corrected chi connectivity index (χ0v) is 26.1. The van der Waals surface area contributed by atoms with Gasteiger partial charge in [0.1, 0.15) is 17.4 Å². The van der Waals surface area contributed by atoms with Crippen LogP contribution in [0.15, 0.2) is 36.4 Å². The average Bonchev–Trinajstić information content (AvgIpc) is 3.66. The molecule has 9 atom stereocenters. The molecule has 0 aromatic heterocycles. The molecule has 234 valence electrons. The lowest BCUT2D eigenvalue weighted by Crippen LogP contribution is -2.58. The summed E-state index contributed by atoms with van der Waals surface area (Å²) >= 11 is 0. The summed E-state index contributed by atoms with van der Waals surface area (Å²) in [5, 5.41) is 6.36. The molecule has 2 N–H and O–H groups in total. The van der Waals surface area contributed by atoms with E-state index in [1.165, 1.54) is 19.3 Å². The third-order valence-electron chi connectivity index (χ3n) is 11.2. The minimum Gasteiger partial charge on any atom is -0.497 e. The number of piperidine rings is 1. The summed E-state index contributed by atoms with van der Waals surface area (Å²) < 4.78 is 11.8. The van der Waals surface area contributed by atoms with Crippen LogP contribution in [0.1, 0.15) is 65.7 Å². The fraction of sp³-hybridized carbons (Fsp3) is 0.676. The Hall–Kier alpha value is -2.91. The number of carbonyl (C=O) groups is 3. The summed E-state index contributed by atoms with van der Waals surface area (Å²) in [5.41, 5.74) is -0.525. The number of methoxy groups -OCH3 is 1. The van der Waals surface area contributed by atoms with Crippen LogP contribution in [0.4, 0.5) is 5.69 Å². The number of rotatable bonds is 9. The minimum atomic E-state index is -1.15. The molecule has 1 aliphatic carbocycles. The molecule has 7 unspecified atom stereocenters. The standard InChI is InChI=1S/C34H48N4O5/c1-5-24-10-6-7-18-37(24)19-20-38-30(32(40)36-26-11-8-9-21(2)22(26)3)34-17-16-27(43-34)28(29(34)33(38)41)31(39)35-23-12-14-25(42-4)15-13-23/h12-17,21-22,24,26-30H,5-11,18-20H2,1-4H3,(H,35,39)(H,36,40)/t21?,22?,24?,26?,27-,28?,29-,30?,34?/m0/s1. The Morgan fingerprint density at radius 1 is 1.05 bits per heavy atom. The van der Waals surface area contributed by atoms with E-state index in [0.717, 1.165) is 32.2 Å². The Morgan fingerprint density at radius 2 is 1.84 bits per heavy atom. The lowest BCUT2D eigenvalue weighted by Gasteiger charge is -2.39. The van der Waals surface area contributed by atoms with E-state index in [4.69, 9.17) is 9.47 Å². The molecule has 4 aliphatic heterocycles. The summed E-state index contributed by atoms with van der Waals surface area (Å²) in [6.45, 7) is 8.85. The number of amides is 3. The number of benzene rings is 1. The van der Waals surface area contributed by atoms with Crippen LogP contribution in [0.2, 0.25) is 0 Å². The average molecular weight is 593 g/mol. The Labute approximate surface area is 255 Å². The van der Waals surface area contributed by atoms with Gasteiger partial charge in [-0.25, -0.2) is 0 Å². The zero-order valence-electron chi connectivity index (χ0n) is 26.1. The summed E-state index contributed by atoms with van der Waals surface area (Å²) in [6.07, 6.45) is 11.0. The SMILES string of the molecule is CCC1CCCCN1CCN1C(=O)[C@@H]2C(C(=O)Nc3ccc(OC)cc3)[C@@H]3C=CC2(O3)C1C(=O)NC1CCCC(C)C1C. The predicted molar refractivity (Wildman–Crippen MR) is 164 cm³/mol.